The summed E-state index contributed by atoms with van der Waals surface area (Å²) in [5.41, 5.74) is 3.97. The fourth-order valence-electron chi connectivity index (χ4n) is 2.88. The molecule has 2 N–H and O–H groups in total. The summed E-state index contributed by atoms with van der Waals surface area (Å²) in [6, 6.07) is 22.4. The molecule has 1 heterocycles. The summed E-state index contributed by atoms with van der Waals surface area (Å²) in [5.74, 6) is 0. The van der Waals surface area contributed by atoms with Gasteiger partial charge in [0.25, 0.3) is 0 Å². The van der Waals surface area contributed by atoms with Crippen LogP contribution in [0.5, 0.6) is 0 Å². The van der Waals surface area contributed by atoms with Gasteiger partial charge in [0.1, 0.15) is 6.17 Å². The molecule has 1 aliphatic heterocycles. The van der Waals surface area contributed by atoms with Crippen molar-refractivity contribution in [2.24, 2.45) is 0 Å². The molecule has 0 atom stereocenters. The molecule has 4 rings (SSSR count). The van der Waals surface area contributed by atoms with Crippen molar-refractivity contribution >= 4 is 22.1 Å². The van der Waals surface area contributed by atoms with Crippen LogP contribution >= 0.6 is 0 Å². The number of nitrogens with zero attached hydrogens (tertiary/aromatic N) is 1. The molecule has 3 aromatic carbocycles. The molecule has 21 heavy (non-hydrogen) atoms. The lowest BCUT2D eigenvalue weighted by Crippen LogP contribution is -2.23. The quantitative estimate of drug-likeness (QED) is 0.695. The minimum absolute atomic E-state index is 0.0289. The van der Waals surface area contributed by atoms with Crippen LogP contribution in [-0.4, -0.2) is 0 Å². The maximum Gasteiger partial charge on any atom is 0.123 e. The third kappa shape index (κ3) is 1.89. The first-order valence-corrected chi connectivity index (χ1v) is 6.90. The van der Waals surface area contributed by atoms with Crippen LogP contribution in [-0.2, 0) is 0 Å². The van der Waals surface area contributed by atoms with E-state index in [1.54, 1.807) is 0 Å². The fourth-order valence-corrected chi connectivity index (χ4v) is 2.88. The van der Waals surface area contributed by atoms with Gasteiger partial charge >= 0.3 is 0 Å². The maximum atomic E-state index is 9.05. The molecule has 0 unspecified atom stereocenters. The molecule has 0 aromatic heterocycles. The lowest BCUT2D eigenvalue weighted by molar-refractivity contribution is 0.896. The summed E-state index contributed by atoms with van der Waals surface area (Å²) in [7, 11) is 0. The molecular weight excluding hydrogens is 258 g/mol. The number of anilines is 2. The third-order valence-corrected chi connectivity index (χ3v) is 3.85. The largest absolute Gasteiger partial charge is 0.361 e. The highest BCUT2D eigenvalue weighted by atomic mass is 15.1. The summed E-state index contributed by atoms with van der Waals surface area (Å²) in [5, 5.41) is 18.5. The summed E-state index contributed by atoms with van der Waals surface area (Å²) >= 11 is 0. The molecule has 0 aliphatic carbocycles. The van der Waals surface area contributed by atoms with Crippen molar-refractivity contribution in [2.75, 3.05) is 10.6 Å². The van der Waals surface area contributed by atoms with E-state index in [0.29, 0.717) is 5.56 Å². The average Bonchev–Trinajstić information content (AvgIpc) is 2.55. The molecule has 1 aliphatic rings. The van der Waals surface area contributed by atoms with Crippen LogP contribution in [0.3, 0.4) is 0 Å². The van der Waals surface area contributed by atoms with Gasteiger partial charge in [-0.3, -0.25) is 0 Å². The number of hydrogen-bond donors (Lipinski definition) is 2. The highest BCUT2D eigenvalue weighted by Gasteiger charge is 2.20. The van der Waals surface area contributed by atoms with E-state index in [-0.39, 0.29) is 6.17 Å². The summed E-state index contributed by atoms with van der Waals surface area (Å²) in [4.78, 5) is 0. The van der Waals surface area contributed by atoms with Gasteiger partial charge < -0.3 is 10.6 Å². The normalized spacial score (nSPS) is 13.3. The minimum atomic E-state index is -0.0289. The van der Waals surface area contributed by atoms with E-state index < -0.39 is 0 Å². The molecule has 0 amide bonds. The predicted octanol–water partition coefficient (Wildman–Crippen LogP) is 4.25. The maximum absolute atomic E-state index is 9.05. The Labute approximate surface area is 122 Å². The van der Waals surface area contributed by atoms with Gasteiger partial charge in [0.15, 0.2) is 0 Å². The van der Waals surface area contributed by atoms with Gasteiger partial charge in [-0.1, -0.05) is 36.4 Å². The molecule has 0 fully saturated rings. The first-order chi connectivity index (χ1) is 10.3. The van der Waals surface area contributed by atoms with E-state index in [9.17, 15) is 0 Å². The van der Waals surface area contributed by atoms with Crippen LogP contribution in [0.15, 0.2) is 60.7 Å². The van der Waals surface area contributed by atoms with Gasteiger partial charge in [-0.15, -0.1) is 0 Å². The van der Waals surface area contributed by atoms with Gasteiger partial charge in [-0.25, -0.2) is 0 Å². The predicted molar refractivity (Wildman–Crippen MR) is 85.1 cm³/mol. The monoisotopic (exact) mass is 271 g/mol. The summed E-state index contributed by atoms with van der Waals surface area (Å²) in [6.45, 7) is 0. The number of rotatable bonds is 1. The average molecular weight is 271 g/mol. The lowest BCUT2D eigenvalue weighted by atomic mass is 10.0. The Morgan fingerprint density at radius 2 is 1.52 bits per heavy atom. The van der Waals surface area contributed by atoms with Crippen molar-refractivity contribution in [2.45, 2.75) is 6.17 Å². The molecule has 3 aromatic rings. The summed E-state index contributed by atoms with van der Waals surface area (Å²) < 4.78 is 0. The van der Waals surface area contributed by atoms with Crippen molar-refractivity contribution in [3.63, 3.8) is 0 Å². The van der Waals surface area contributed by atoms with Gasteiger partial charge in [0, 0.05) is 16.8 Å². The van der Waals surface area contributed by atoms with Crippen LogP contribution in [0.25, 0.3) is 10.8 Å². The Kier molecular flexibility index (Phi) is 2.55. The van der Waals surface area contributed by atoms with E-state index in [1.807, 2.05) is 24.3 Å². The minimum Gasteiger partial charge on any atom is -0.361 e. The third-order valence-electron chi connectivity index (χ3n) is 3.85. The first kappa shape index (κ1) is 11.8. The molecule has 0 saturated carbocycles. The SMILES string of the molecule is N#Cc1cccc(C2Nc3cccc4cccc(c34)N2)c1. The number of benzene rings is 3. The van der Waals surface area contributed by atoms with Crippen LogP contribution in [0.4, 0.5) is 11.4 Å². The van der Waals surface area contributed by atoms with Gasteiger partial charge in [-0.05, 0) is 35.2 Å². The number of nitriles is 1. The van der Waals surface area contributed by atoms with Crippen LogP contribution in [0.1, 0.15) is 17.3 Å². The van der Waals surface area contributed by atoms with Crippen molar-refractivity contribution in [3.8, 4) is 6.07 Å². The Morgan fingerprint density at radius 3 is 2.19 bits per heavy atom. The molecule has 0 radical (unpaired) electrons. The Balaban J connectivity index is 1.81. The molecule has 0 bridgehead atoms. The fraction of sp³-hybridized carbons (Fsp3) is 0.0556. The van der Waals surface area contributed by atoms with Gasteiger partial charge in [-0.2, -0.15) is 5.26 Å². The standard InChI is InChI=1S/C18H13N3/c19-11-12-4-1-7-14(10-12)18-20-15-8-2-5-13-6-3-9-16(21-18)17(13)15/h1-10,18,20-21H. The van der Waals surface area contributed by atoms with Crippen molar-refractivity contribution in [1.29, 1.82) is 5.26 Å². The second kappa shape index (κ2) is 4.53. The van der Waals surface area contributed by atoms with Crippen LogP contribution in [0.2, 0.25) is 0 Å². The van der Waals surface area contributed by atoms with E-state index in [0.717, 1.165) is 16.9 Å². The molecule has 0 saturated heterocycles. The Hall–Kier alpha value is -2.99. The number of hydrogen-bond acceptors (Lipinski definition) is 3. The molecular formula is C18H13N3. The number of nitrogens with one attached hydrogen (secondary N) is 2. The topological polar surface area (TPSA) is 47.9 Å². The Morgan fingerprint density at radius 1 is 0.857 bits per heavy atom. The van der Waals surface area contributed by atoms with E-state index >= 15 is 0 Å². The second-order valence-corrected chi connectivity index (χ2v) is 5.17. The van der Waals surface area contributed by atoms with E-state index in [1.165, 1.54) is 10.8 Å². The van der Waals surface area contributed by atoms with Crippen LogP contribution < -0.4 is 10.6 Å². The van der Waals surface area contributed by atoms with Crippen molar-refractivity contribution in [3.05, 3.63) is 71.8 Å². The van der Waals surface area contributed by atoms with Crippen molar-refractivity contribution < 1.29 is 0 Å². The van der Waals surface area contributed by atoms with Crippen LogP contribution in [0, 0.1) is 11.3 Å². The molecule has 100 valence electrons. The van der Waals surface area contributed by atoms with E-state index in [2.05, 4.69) is 53.1 Å². The zero-order chi connectivity index (χ0) is 14.2. The molecule has 3 nitrogen and oxygen atoms in total. The second-order valence-electron chi connectivity index (χ2n) is 5.17. The highest BCUT2D eigenvalue weighted by Crippen LogP contribution is 2.38. The van der Waals surface area contributed by atoms with Crippen molar-refractivity contribution in [1.82, 2.24) is 0 Å². The van der Waals surface area contributed by atoms with Gasteiger partial charge in [0.2, 0.25) is 0 Å². The van der Waals surface area contributed by atoms with Gasteiger partial charge in [0.05, 0.1) is 11.6 Å². The zero-order valence-corrected chi connectivity index (χ0v) is 11.3. The molecule has 3 heteroatoms. The first-order valence-electron chi connectivity index (χ1n) is 6.90. The Bertz CT molecular complexity index is 836. The smallest absolute Gasteiger partial charge is 0.123 e. The highest BCUT2D eigenvalue weighted by molar-refractivity contribution is 6.04. The molecule has 0 spiro atoms. The van der Waals surface area contributed by atoms with E-state index in [4.69, 9.17) is 5.26 Å². The zero-order valence-electron chi connectivity index (χ0n) is 11.3. The summed E-state index contributed by atoms with van der Waals surface area (Å²) in [6.07, 6.45) is -0.0289. The lowest BCUT2D eigenvalue weighted by Gasteiger charge is -2.29.